The fourth-order valence-electron chi connectivity index (χ4n) is 0.770. The maximum atomic E-state index is 2.00. The third-order valence-corrected chi connectivity index (χ3v) is 1.33. The lowest BCUT2D eigenvalue weighted by atomic mass is 10.4. The van der Waals surface area contributed by atoms with Crippen LogP contribution in [0.1, 0.15) is 21.3 Å². The highest BCUT2D eigenvalue weighted by molar-refractivity contribution is 4.99. The summed E-state index contributed by atoms with van der Waals surface area (Å²) in [5, 5.41) is 0. The van der Waals surface area contributed by atoms with E-state index in [4.69, 9.17) is 0 Å². The molecule has 2 aromatic rings. The van der Waals surface area contributed by atoms with Crippen LogP contribution in [0, 0.1) is 0 Å². The number of hydrogen-bond acceptors (Lipinski definition) is 0. The van der Waals surface area contributed by atoms with E-state index in [-0.39, 0.29) is 7.43 Å². The summed E-state index contributed by atoms with van der Waals surface area (Å²) in [6, 6.07) is 24.0. The summed E-state index contributed by atoms with van der Waals surface area (Å²) >= 11 is 0. The molecule has 0 amide bonds. The van der Waals surface area contributed by atoms with Crippen molar-refractivity contribution in [2.24, 2.45) is 0 Å². The van der Waals surface area contributed by atoms with Crippen molar-refractivity contribution in [1.29, 1.82) is 0 Å². The third-order valence-electron chi connectivity index (χ3n) is 1.33. The molecule has 0 aromatic heterocycles. The molecule has 0 N–H and O–H groups in total. The van der Waals surface area contributed by atoms with Gasteiger partial charge in [0.05, 0.1) is 0 Å². The van der Waals surface area contributed by atoms with Gasteiger partial charge in [-0.2, -0.15) is 0 Å². The monoisotopic (exact) mass is 202 g/mol. The first kappa shape index (κ1) is 15.9. The first-order valence-electron chi connectivity index (χ1n) is 5.00. The van der Waals surface area contributed by atoms with Crippen molar-refractivity contribution in [3.63, 3.8) is 0 Å². The Labute approximate surface area is 94.6 Å². The predicted octanol–water partition coefficient (Wildman–Crippen LogP) is 5.04. The van der Waals surface area contributed by atoms with Crippen LogP contribution in [0.15, 0.2) is 72.8 Å². The molecule has 15 heavy (non-hydrogen) atoms. The molecule has 82 valence electrons. The van der Waals surface area contributed by atoms with E-state index in [1.54, 1.807) is 0 Å². The van der Waals surface area contributed by atoms with E-state index in [9.17, 15) is 0 Å². The quantitative estimate of drug-likeness (QED) is 0.561. The molecule has 0 atom stereocenters. The second kappa shape index (κ2) is 14.9. The largest absolute Gasteiger partial charge is 0.0776 e. The molecule has 0 heterocycles. The van der Waals surface area contributed by atoms with Crippen molar-refractivity contribution < 1.29 is 0 Å². The van der Waals surface area contributed by atoms with E-state index < -0.39 is 0 Å². The van der Waals surface area contributed by atoms with Crippen LogP contribution >= 0.6 is 0 Å². The van der Waals surface area contributed by atoms with Crippen LogP contribution in [-0.4, -0.2) is 0 Å². The summed E-state index contributed by atoms with van der Waals surface area (Å²) in [6.07, 6.45) is 0. The van der Waals surface area contributed by atoms with Crippen molar-refractivity contribution >= 4 is 0 Å². The number of hydrogen-bond donors (Lipinski definition) is 0. The molecule has 0 fully saturated rings. The number of benzene rings is 2. The van der Waals surface area contributed by atoms with E-state index in [0.29, 0.717) is 0 Å². The molecule has 0 radical (unpaired) electrons. The highest BCUT2D eigenvalue weighted by atomic mass is 13.7. The van der Waals surface area contributed by atoms with E-state index in [0.717, 1.165) is 0 Å². The predicted molar refractivity (Wildman–Crippen MR) is 71.0 cm³/mol. The van der Waals surface area contributed by atoms with Gasteiger partial charge < -0.3 is 0 Å². The summed E-state index contributed by atoms with van der Waals surface area (Å²) in [5.41, 5.74) is 0. The lowest BCUT2D eigenvalue weighted by Crippen LogP contribution is -1.47. The molecule has 0 bridgehead atoms. The maximum absolute atomic E-state index is 2.00. The Hall–Kier alpha value is -1.56. The molecule has 0 spiro atoms. The van der Waals surface area contributed by atoms with Crippen molar-refractivity contribution in [3.05, 3.63) is 72.8 Å². The van der Waals surface area contributed by atoms with Crippen LogP contribution < -0.4 is 0 Å². The van der Waals surface area contributed by atoms with Crippen LogP contribution in [0.3, 0.4) is 0 Å². The summed E-state index contributed by atoms with van der Waals surface area (Å²) in [5.74, 6) is 0. The van der Waals surface area contributed by atoms with Gasteiger partial charge >= 0.3 is 0 Å². The van der Waals surface area contributed by atoms with Crippen molar-refractivity contribution in [3.8, 4) is 0 Å². The van der Waals surface area contributed by atoms with Crippen LogP contribution in [0.2, 0.25) is 0 Å². The fraction of sp³-hybridized carbons (Fsp3) is 0.200. The second-order valence-corrected chi connectivity index (χ2v) is 2.31. The zero-order valence-electron chi connectivity index (χ0n) is 8.93. The molecule has 0 nitrogen and oxygen atoms in total. The van der Waals surface area contributed by atoms with Gasteiger partial charge in [0.15, 0.2) is 0 Å². The molecule has 2 rings (SSSR count). The van der Waals surface area contributed by atoms with E-state index in [1.807, 2.05) is 86.6 Å². The van der Waals surface area contributed by atoms with Crippen molar-refractivity contribution in [1.82, 2.24) is 0 Å². The van der Waals surface area contributed by atoms with E-state index in [1.165, 1.54) is 0 Å². The first-order chi connectivity index (χ1) is 7.00. The minimum Gasteiger partial charge on any atom is -0.0776 e. The molecular formula is C15H22. The molecule has 0 aliphatic heterocycles. The Balaban J connectivity index is 0. The third kappa shape index (κ3) is 12.4. The van der Waals surface area contributed by atoms with Crippen LogP contribution in [0.5, 0.6) is 0 Å². The van der Waals surface area contributed by atoms with Gasteiger partial charge in [-0.3, -0.25) is 0 Å². The topological polar surface area (TPSA) is 0 Å². The molecular weight excluding hydrogens is 180 g/mol. The second-order valence-electron chi connectivity index (χ2n) is 2.31. The standard InChI is InChI=1S/2C6H6.C2H6.CH4/c2*1-2-4-6-5-3-1;1-2;/h2*1-6H;1-2H3;1H4. The zero-order chi connectivity index (χ0) is 10.5. The molecule has 0 saturated heterocycles. The van der Waals surface area contributed by atoms with Crippen LogP contribution in [0.25, 0.3) is 0 Å². The van der Waals surface area contributed by atoms with Gasteiger partial charge in [0.2, 0.25) is 0 Å². The highest BCUT2D eigenvalue weighted by Gasteiger charge is 1.58. The average molecular weight is 202 g/mol. The molecule has 0 aliphatic carbocycles. The van der Waals surface area contributed by atoms with Gasteiger partial charge in [-0.15, -0.1) is 0 Å². The fourth-order valence-corrected chi connectivity index (χ4v) is 0.770. The Morgan fingerprint density at radius 1 is 0.333 bits per heavy atom. The Bertz CT molecular complexity index is 175. The van der Waals surface area contributed by atoms with E-state index >= 15 is 0 Å². The van der Waals surface area contributed by atoms with Gasteiger partial charge in [-0.25, -0.2) is 0 Å². The summed E-state index contributed by atoms with van der Waals surface area (Å²) in [4.78, 5) is 0. The Morgan fingerprint density at radius 2 is 0.400 bits per heavy atom. The summed E-state index contributed by atoms with van der Waals surface area (Å²) in [6.45, 7) is 4.00. The summed E-state index contributed by atoms with van der Waals surface area (Å²) < 4.78 is 0. The van der Waals surface area contributed by atoms with Crippen LogP contribution in [-0.2, 0) is 0 Å². The van der Waals surface area contributed by atoms with Gasteiger partial charge in [-0.05, 0) is 0 Å². The zero-order valence-corrected chi connectivity index (χ0v) is 8.93. The van der Waals surface area contributed by atoms with Gasteiger partial charge in [0.25, 0.3) is 0 Å². The van der Waals surface area contributed by atoms with E-state index in [2.05, 4.69) is 0 Å². The Morgan fingerprint density at radius 3 is 0.467 bits per heavy atom. The molecule has 0 aliphatic rings. The van der Waals surface area contributed by atoms with Crippen molar-refractivity contribution in [2.75, 3.05) is 0 Å². The van der Waals surface area contributed by atoms with Crippen molar-refractivity contribution in [2.45, 2.75) is 21.3 Å². The average Bonchev–Trinajstić information content (AvgIpc) is 2.37. The first-order valence-corrected chi connectivity index (χ1v) is 5.00. The minimum absolute atomic E-state index is 0. The molecule has 0 saturated carbocycles. The Kier molecular flexibility index (Phi) is 15.8. The normalized spacial score (nSPS) is 6.80. The SMILES string of the molecule is C.CC.c1ccccc1.c1ccccc1. The highest BCUT2D eigenvalue weighted by Crippen LogP contribution is 1.80. The minimum atomic E-state index is 0. The molecule has 0 heteroatoms. The van der Waals surface area contributed by atoms with Gasteiger partial charge in [0, 0.05) is 0 Å². The van der Waals surface area contributed by atoms with Gasteiger partial charge in [0.1, 0.15) is 0 Å². The lowest BCUT2D eigenvalue weighted by molar-refractivity contribution is 1.50. The number of rotatable bonds is 0. The van der Waals surface area contributed by atoms with Crippen LogP contribution in [0.4, 0.5) is 0 Å². The molecule has 0 unspecified atom stereocenters. The lowest BCUT2D eigenvalue weighted by Gasteiger charge is -1.69. The molecule has 2 aromatic carbocycles. The maximum Gasteiger partial charge on any atom is -0.0623 e. The van der Waals surface area contributed by atoms with Gasteiger partial charge in [-0.1, -0.05) is 94.1 Å². The summed E-state index contributed by atoms with van der Waals surface area (Å²) in [7, 11) is 0. The smallest absolute Gasteiger partial charge is 0.0623 e.